The molecule has 21 heavy (non-hydrogen) atoms. The van der Waals surface area contributed by atoms with E-state index in [0.29, 0.717) is 0 Å². The first-order valence-corrected chi connectivity index (χ1v) is 6.38. The van der Waals surface area contributed by atoms with E-state index in [0.717, 1.165) is 6.07 Å². The molecule has 0 N–H and O–H groups in total. The van der Waals surface area contributed by atoms with Crippen LogP contribution in [-0.2, 0) is 21.8 Å². The van der Waals surface area contributed by atoms with E-state index in [2.05, 4.69) is 9.72 Å². The SMILES string of the molecule is CCOC(=O)Cc1c(OC)cc(OC(F)(F)F)nc1CCl. The number of methoxy groups -OCH3 is 1. The Bertz CT molecular complexity index is 483. The molecular formula is C12H13ClF3NO4. The predicted molar refractivity (Wildman–Crippen MR) is 67.4 cm³/mol. The summed E-state index contributed by atoms with van der Waals surface area (Å²) in [6, 6.07) is 0.943. The summed E-state index contributed by atoms with van der Waals surface area (Å²) in [7, 11) is 1.25. The third kappa shape index (κ3) is 5.30. The van der Waals surface area contributed by atoms with Gasteiger partial charge in [-0.05, 0) is 6.92 Å². The first-order valence-electron chi connectivity index (χ1n) is 5.84. The van der Waals surface area contributed by atoms with Crippen LogP contribution in [0, 0.1) is 0 Å². The van der Waals surface area contributed by atoms with E-state index >= 15 is 0 Å². The summed E-state index contributed by atoms with van der Waals surface area (Å²) in [6.45, 7) is 1.82. The van der Waals surface area contributed by atoms with Crippen molar-refractivity contribution in [1.29, 1.82) is 0 Å². The Morgan fingerprint density at radius 3 is 2.57 bits per heavy atom. The summed E-state index contributed by atoms with van der Waals surface area (Å²) in [5, 5.41) is 0. The van der Waals surface area contributed by atoms with Gasteiger partial charge in [0.25, 0.3) is 0 Å². The molecule has 0 fully saturated rings. The van der Waals surface area contributed by atoms with Gasteiger partial charge in [-0.1, -0.05) is 0 Å². The van der Waals surface area contributed by atoms with Crippen LogP contribution in [0.1, 0.15) is 18.2 Å². The van der Waals surface area contributed by atoms with Gasteiger partial charge in [0, 0.05) is 11.6 Å². The van der Waals surface area contributed by atoms with Gasteiger partial charge in [0.15, 0.2) is 0 Å². The number of nitrogens with zero attached hydrogens (tertiary/aromatic N) is 1. The van der Waals surface area contributed by atoms with Crippen molar-refractivity contribution in [2.24, 2.45) is 0 Å². The van der Waals surface area contributed by atoms with Crippen LogP contribution >= 0.6 is 11.6 Å². The molecule has 0 unspecified atom stereocenters. The number of carbonyl (C=O) groups excluding carboxylic acids is 1. The van der Waals surface area contributed by atoms with Gasteiger partial charge in [-0.2, -0.15) is 0 Å². The van der Waals surface area contributed by atoms with Crippen molar-refractivity contribution in [2.45, 2.75) is 25.6 Å². The van der Waals surface area contributed by atoms with Gasteiger partial charge in [-0.25, -0.2) is 4.98 Å². The second-order valence-electron chi connectivity index (χ2n) is 3.75. The van der Waals surface area contributed by atoms with E-state index in [1.807, 2.05) is 0 Å². The standard InChI is InChI=1S/C12H13ClF3NO4/c1-3-20-11(18)4-7-8(6-13)17-10(5-9(7)19-2)21-12(14,15)16/h5H,3-4,6H2,1-2H3. The molecule has 1 aromatic heterocycles. The topological polar surface area (TPSA) is 57.7 Å². The lowest BCUT2D eigenvalue weighted by molar-refractivity contribution is -0.276. The van der Waals surface area contributed by atoms with Crippen LogP contribution in [0.25, 0.3) is 0 Å². The molecule has 0 spiro atoms. The third-order valence-corrected chi connectivity index (χ3v) is 2.59. The van der Waals surface area contributed by atoms with E-state index < -0.39 is 18.2 Å². The zero-order valence-corrected chi connectivity index (χ0v) is 12.0. The number of hydrogen-bond donors (Lipinski definition) is 0. The third-order valence-electron chi connectivity index (χ3n) is 2.34. The Balaban J connectivity index is 3.15. The molecule has 0 aliphatic heterocycles. The zero-order valence-electron chi connectivity index (χ0n) is 11.3. The van der Waals surface area contributed by atoms with Gasteiger partial charge in [0.1, 0.15) is 5.75 Å². The summed E-state index contributed by atoms with van der Waals surface area (Å²) < 4.78 is 50.1. The van der Waals surface area contributed by atoms with E-state index in [1.54, 1.807) is 6.92 Å². The first kappa shape index (κ1) is 17.4. The molecule has 0 radical (unpaired) electrons. The van der Waals surface area contributed by atoms with Gasteiger partial charge < -0.3 is 14.2 Å². The van der Waals surface area contributed by atoms with Crippen LogP contribution in [0.3, 0.4) is 0 Å². The number of alkyl halides is 4. The molecule has 9 heteroatoms. The van der Waals surface area contributed by atoms with Crippen LogP contribution in [-0.4, -0.2) is 31.0 Å². The molecule has 0 saturated carbocycles. The van der Waals surface area contributed by atoms with Gasteiger partial charge in [0.2, 0.25) is 5.88 Å². The molecule has 0 amide bonds. The largest absolute Gasteiger partial charge is 0.574 e. The fourth-order valence-corrected chi connectivity index (χ4v) is 1.80. The van der Waals surface area contributed by atoms with E-state index in [1.165, 1.54) is 7.11 Å². The molecule has 1 rings (SSSR count). The first-order chi connectivity index (χ1) is 9.80. The second kappa shape index (κ2) is 7.35. The lowest BCUT2D eigenvalue weighted by Gasteiger charge is -2.15. The number of pyridine rings is 1. The second-order valence-corrected chi connectivity index (χ2v) is 4.02. The summed E-state index contributed by atoms with van der Waals surface area (Å²) in [4.78, 5) is 15.1. The van der Waals surface area contributed by atoms with Gasteiger partial charge in [0.05, 0.1) is 31.7 Å². The zero-order chi connectivity index (χ0) is 16.0. The molecule has 0 saturated heterocycles. The van der Waals surface area contributed by atoms with Gasteiger partial charge in [-0.15, -0.1) is 24.8 Å². The van der Waals surface area contributed by atoms with Crippen molar-refractivity contribution in [1.82, 2.24) is 4.98 Å². The number of halogens is 4. The smallest absolute Gasteiger partial charge is 0.496 e. The maximum absolute atomic E-state index is 12.2. The molecule has 5 nitrogen and oxygen atoms in total. The molecule has 1 aromatic rings. The Labute approximate surface area is 124 Å². The average Bonchev–Trinajstić information content (AvgIpc) is 2.38. The number of aromatic nitrogens is 1. The maximum Gasteiger partial charge on any atom is 0.574 e. The van der Waals surface area contributed by atoms with E-state index in [-0.39, 0.29) is 35.9 Å². The van der Waals surface area contributed by atoms with Crippen LogP contribution in [0.5, 0.6) is 11.6 Å². The van der Waals surface area contributed by atoms with Crippen LogP contribution in [0.4, 0.5) is 13.2 Å². The van der Waals surface area contributed by atoms with Crippen molar-refractivity contribution in [3.05, 3.63) is 17.3 Å². The van der Waals surface area contributed by atoms with Gasteiger partial charge >= 0.3 is 12.3 Å². The summed E-state index contributed by atoms with van der Waals surface area (Å²) >= 11 is 5.66. The highest BCUT2D eigenvalue weighted by molar-refractivity contribution is 6.17. The molecule has 118 valence electrons. The lowest BCUT2D eigenvalue weighted by atomic mass is 10.1. The van der Waals surface area contributed by atoms with E-state index in [4.69, 9.17) is 21.1 Å². The Morgan fingerprint density at radius 2 is 2.10 bits per heavy atom. The van der Waals surface area contributed by atoms with Crippen molar-refractivity contribution in [3.8, 4) is 11.6 Å². The highest BCUT2D eigenvalue weighted by Gasteiger charge is 2.32. The van der Waals surface area contributed by atoms with E-state index in [9.17, 15) is 18.0 Å². The fourth-order valence-electron chi connectivity index (χ4n) is 1.58. The minimum absolute atomic E-state index is 0.0213. The monoisotopic (exact) mass is 327 g/mol. The quantitative estimate of drug-likeness (QED) is 0.594. The Morgan fingerprint density at radius 1 is 1.43 bits per heavy atom. The maximum atomic E-state index is 12.2. The fraction of sp³-hybridized carbons (Fsp3) is 0.500. The lowest BCUT2D eigenvalue weighted by Crippen LogP contribution is -2.19. The number of ether oxygens (including phenoxy) is 3. The Kier molecular flexibility index (Phi) is 6.07. The van der Waals surface area contributed by atoms with Gasteiger partial charge in [-0.3, -0.25) is 4.79 Å². The minimum atomic E-state index is -4.88. The van der Waals surface area contributed by atoms with Crippen LogP contribution < -0.4 is 9.47 Å². The average molecular weight is 328 g/mol. The molecule has 0 bridgehead atoms. The molecular weight excluding hydrogens is 315 g/mol. The predicted octanol–water partition coefficient (Wildman–Crippen LogP) is 2.83. The van der Waals surface area contributed by atoms with Crippen molar-refractivity contribution in [3.63, 3.8) is 0 Å². The molecule has 0 aliphatic carbocycles. The highest BCUT2D eigenvalue weighted by Crippen LogP contribution is 2.30. The summed E-state index contributed by atoms with van der Waals surface area (Å²) in [6.07, 6.45) is -5.09. The number of esters is 1. The highest BCUT2D eigenvalue weighted by atomic mass is 35.5. The van der Waals surface area contributed by atoms with Crippen molar-refractivity contribution in [2.75, 3.05) is 13.7 Å². The molecule has 1 heterocycles. The Hall–Kier alpha value is -1.70. The summed E-state index contributed by atoms with van der Waals surface area (Å²) in [5.74, 6) is -1.45. The number of hydrogen-bond acceptors (Lipinski definition) is 5. The molecule has 0 aliphatic rings. The summed E-state index contributed by atoms with van der Waals surface area (Å²) in [5.41, 5.74) is 0.323. The minimum Gasteiger partial charge on any atom is -0.496 e. The van der Waals surface area contributed by atoms with Crippen LogP contribution in [0.2, 0.25) is 0 Å². The molecule has 0 aromatic carbocycles. The van der Waals surface area contributed by atoms with Crippen molar-refractivity contribution >= 4 is 17.6 Å². The number of carbonyl (C=O) groups is 1. The van der Waals surface area contributed by atoms with Crippen molar-refractivity contribution < 1.29 is 32.2 Å². The normalized spacial score (nSPS) is 11.1. The molecule has 0 atom stereocenters. The van der Waals surface area contributed by atoms with Crippen LogP contribution in [0.15, 0.2) is 6.07 Å². The number of rotatable bonds is 6.